The maximum atomic E-state index is 12.5. The maximum absolute atomic E-state index is 12.5. The average Bonchev–Trinajstić information content (AvgIpc) is 3.43. The standard InChI is InChI=1S/C21H19N7O4S2/c1-32-16-6-4-15(5-7-16)28-20(24-25-26-28)33-13-18(29)23-9-10-27-19(30)17(34-21(27)31)11-14-3-2-8-22-12-14/h2-8,11-12H,9-10,13H2,1H3,(H,23,29). The zero-order chi connectivity index (χ0) is 23.9. The van der Waals surface area contributed by atoms with Gasteiger partial charge in [-0.2, -0.15) is 4.68 Å². The minimum Gasteiger partial charge on any atom is -0.497 e. The predicted octanol–water partition coefficient (Wildman–Crippen LogP) is 2.01. The summed E-state index contributed by atoms with van der Waals surface area (Å²) >= 11 is 2.04. The summed E-state index contributed by atoms with van der Waals surface area (Å²) < 4.78 is 6.66. The van der Waals surface area contributed by atoms with Crippen LogP contribution < -0.4 is 10.1 Å². The number of carbonyl (C=O) groups excluding carboxylic acids is 3. The molecule has 0 spiro atoms. The molecule has 1 fully saturated rings. The molecule has 3 amide bonds. The molecule has 0 aliphatic carbocycles. The molecule has 0 saturated carbocycles. The van der Waals surface area contributed by atoms with Crippen LogP contribution in [0.3, 0.4) is 0 Å². The molecule has 1 aromatic carbocycles. The number of carbonyl (C=O) groups is 3. The van der Waals surface area contributed by atoms with E-state index >= 15 is 0 Å². The fraction of sp³-hybridized carbons (Fsp3) is 0.190. The van der Waals surface area contributed by atoms with Gasteiger partial charge in [-0.15, -0.1) is 5.10 Å². The van der Waals surface area contributed by atoms with Crippen molar-refractivity contribution >= 4 is 46.7 Å². The Hall–Kier alpha value is -3.71. The molecular weight excluding hydrogens is 478 g/mol. The highest BCUT2D eigenvalue weighted by atomic mass is 32.2. The van der Waals surface area contributed by atoms with Crippen molar-refractivity contribution in [2.45, 2.75) is 5.16 Å². The number of ether oxygens (including phenoxy) is 1. The lowest BCUT2D eigenvalue weighted by molar-refractivity contribution is -0.123. The third-order valence-corrected chi connectivity index (χ3v) is 6.43. The van der Waals surface area contributed by atoms with Crippen molar-refractivity contribution in [1.82, 2.24) is 35.4 Å². The van der Waals surface area contributed by atoms with Crippen LogP contribution in [0.25, 0.3) is 11.8 Å². The van der Waals surface area contributed by atoms with Gasteiger partial charge in [0.1, 0.15) is 5.75 Å². The van der Waals surface area contributed by atoms with E-state index in [0.29, 0.717) is 15.8 Å². The van der Waals surface area contributed by atoms with Gasteiger partial charge in [0.05, 0.1) is 23.5 Å². The number of tetrazole rings is 1. The van der Waals surface area contributed by atoms with E-state index in [1.165, 1.54) is 16.4 Å². The van der Waals surface area contributed by atoms with E-state index in [2.05, 4.69) is 25.8 Å². The Morgan fingerprint density at radius 1 is 1.24 bits per heavy atom. The number of benzene rings is 1. The molecule has 0 bridgehead atoms. The molecule has 1 N–H and O–H groups in total. The van der Waals surface area contributed by atoms with E-state index in [1.54, 1.807) is 62.0 Å². The Balaban J connectivity index is 1.26. The number of nitrogens with zero attached hydrogens (tertiary/aromatic N) is 6. The summed E-state index contributed by atoms with van der Waals surface area (Å²) in [5.41, 5.74) is 1.46. The zero-order valence-electron chi connectivity index (χ0n) is 18.0. The molecule has 1 aliphatic heterocycles. The lowest BCUT2D eigenvalue weighted by Crippen LogP contribution is -2.37. The summed E-state index contributed by atoms with van der Waals surface area (Å²) in [6.45, 7) is 0.218. The third kappa shape index (κ3) is 5.61. The Bertz CT molecular complexity index is 1220. The van der Waals surface area contributed by atoms with Crippen LogP contribution in [0.1, 0.15) is 5.56 Å². The summed E-state index contributed by atoms with van der Waals surface area (Å²) in [5, 5.41) is 14.4. The molecule has 3 heterocycles. The van der Waals surface area contributed by atoms with Crippen LogP contribution in [0.15, 0.2) is 58.9 Å². The van der Waals surface area contributed by atoms with Gasteiger partial charge in [-0.1, -0.05) is 17.8 Å². The lowest BCUT2D eigenvalue weighted by atomic mass is 10.2. The van der Waals surface area contributed by atoms with Gasteiger partial charge in [0, 0.05) is 25.5 Å². The maximum Gasteiger partial charge on any atom is 0.293 e. The first-order valence-corrected chi connectivity index (χ1v) is 11.8. The summed E-state index contributed by atoms with van der Waals surface area (Å²) in [6.07, 6.45) is 4.86. The quantitative estimate of drug-likeness (QED) is 0.346. The molecular formula is C21H19N7O4S2. The SMILES string of the molecule is COc1ccc(-n2nnnc2SCC(=O)NCCN2C(=O)SC(=Cc3cccnc3)C2=O)cc1. The molecule has 4 rings (SSSR count). The van der Waals surface area contributed by atoms with Gasteiger partial charge in [0.15, 0.2) is 0 Å². The highest BCUT2D eigenvalue weighted by molar-refractivity contribution is 8.18. The summed E-state index contributed by atoms with van der Waals surface area (Å²) in [5.74, 6) is 0.117. The van der Waals surface area contributed by atoms with Crippen LogP contribution in [0.5, 0.6) is 5.75 Å². The van der Waals surface area contributed by atoms with Crippen LogP contribution >= 0.6 is 23.5 Å². The highest BCUT2D eigenvalue weighted by Crippen LogP contribution is 2.31. The number of amides is 3. The number of thioether (sulfide) groups is 2. The molecule has 1 aliphatic rings. The normalized spacial score (nSPS) is 14.6. The summed E-state index contributed by atoms with van der Waals surface area (Å²) in [6, 6.07) is 10.7. The van der Waals surface area contributed by atoms with E-state index in [9.17, 15) is 14.4 Å². The molecule has 0 unspecified atom stereocenters. The van der Waals surface area contributed by atoms with Crippen LogP contribution in [0.4, 0.5) is 4.79 Å². The van der Waals surface area contributed by atoms with Crippen LogP contribution in [-0.2, 0) is 9.59 Å². The second-order valence-electron chi connectivity index (χ2n) is 6.83. The fourth-order valence-corrected chi connectivity index (χ4v) is 4.53. The number of hydrogen-bond acceptors (Lipinski definition) is 10. The highest BCUT2D eigenvalue weighted by Gasteiger charge is 2.34. The molecule has 11 nitrogen and oxygen atoms in total. The first-order chi connectivity index (χ1) is 16.5. The minimum absolute atomic E-state index is 0.0688. The molecule has 0 radical (unpaired) electrons. The van der Waals surface area contributed by atoms with Crippen molar-refractivity contribution in [3.8, 4) is 11.4 Å². The first-order valence-electron chi connectivity index (χ1n) is 10.0. The number of pyridine rings is 1. The van der Waals surface area contributed by atoms with Crippen molar-refractivity contribution in [2.24, 2.45) is 0 Å². The van der Waals surface area contributed by atoms with Gasteiger partial charge in [0.25, 0.3) is 11.1 Å². The second-order valence-corrected chi connectivity index (χ2v) is 8.77. The van der Waals surface area contributed by atoms with Crippen LogP contribution in [0, 0.1) is 0 Å². The fourth-order valence-electron chi connectivity index (χ4n) is 2.95. The predicted molar refractivity (Wildman–Crippen MR) is 126 cm³/mol. The van der Waals surface area contributed by atoms with E-state index < -0.39 is 0 Å². The number of methoxy groups -OCH3 is 1. The Labute approximate surface area is 202 Å². The van der Waals surface area contributed by atoms with E-state index in [0.717, 1.165) is 27.9 Å². The van der Waals surface area contributed by atoms with Crippen molar-refractivity contribution < 1.29 is 19.1 Å². The number of imide groups is 1. The van der Waals surface area contributed by atoms with Gasteiger partial charge in [-0.25, -0.2) is 0 Å². The number of nitrogens with one attached hydrogen (secondary N) is 1. The van der Waals surface area contributed by atoms with Crippen LogP contribution in [0.2, 0.25) is 0 Å². The molecule has 0 atom stereocenters. The number of rotatable bonds is 9. The topological polar surface area (TPSA) is 132 Å². The Morgan fingerprint density at radius 2 is 2.06 bits per heavy atom. The minimum atomic E-state index is -0.388. The van der Waals surface area contributed by atoms with Gasteiger partial charge < -0.3 is 10.1 Å². The third-order valence-electron chi connectivity index (χ3n) is 4.60. The van der Waals surface area contributed by atoms with E-state index in [-0.39, 0.29) is 35.9 Å². The largest absolute Gasteiger partial charge is 0.497 e. The smallest absolute Gasteiger partial charge is 0.293 e. The van der Waals surface area contributed by atoms with Crippen molar-refractivity contribution in [2.75, 3.05) is 26.0 Å². The molecule has 3 aromatic rings. The molecule has 2 aromatic heterocycles. The Kier molecular flexibility index (Phi) is 7.54. The molecule has 1 saturated heterocycles. The molecule has 34 heavy (non-hydrogen) atoms. The average molecular weight is 498 g/mol. The zero-order valence-corrected chi connectivity index (χ0v) is 19.6. The van der Waals surface area contributed by atoms with Gasteiger partial charge in [0.2, 0.25) is 11.1 Å². The number of hydrogen-bond donors (Lipinski definition) is 1. The van der Waals surface area contributed by atoms with Crippen molar-refractivity contribution in [3.05, 3.63) is 59.3 Å². The lowest BCUT2D eigenvalue weighted by Gasteiger charge is -2.12. The molecule has 174 valence electrons. The number of aromatic nitrogens is 5. The van der Waals surface area contributed by atoms with Crippen molar-refractivity contribution in [1.29, 1.82) is 0 Å². The van der Waals surface area contributed by atoms with Crippen LogP contribution in [-0.4, -0.2) is 73.1 Å². The second kappa shape index (κ2) is 10.9. The summed E-state index contributed by atoms with van der Waals surface area (Å²) in [4.78, 5) is 42.5. The van der Waals surface area contributed by atoms with Gasteiger partial charge in [-0.05, 0) is 64.2 Å². The summed E-state index contributed by atoms with van der Waals surface area (Å²) in [7, 11) is 1.58. The monoisotopic (exact) mass is 497 g/mol. The van der Waals surface area contributed by atoms with E-state index in [4.69, 9.17) is 4.74 Å². The van der Waals surface area contributed by atoms with E-state index in [1.807, 2.05) is 0 Å². The van der Waals surface area contributed by atoms with Gasteiger partial charge in [-0.3, -0.25) is 24.3 Å². The first kappa shape index (κ1) is 23.4. The Morgan fingerprint density at radius 3 is 2.79 bits per heavy atom. The molecule has 13 heteroatoms. The van der Waals surface area contributed by atoms with Gasteiger partial charge >= 0.3 is 0 Å². The van der Waals surface area contributed by atoms with Crippen molar-refractivity contribution in [3.63, 3.8) is 0 Å².